The average molecular weight is 958 g/mol. The van der Waals surface area contributed by atoms with Gasteiger partial charge < -0.3 is 37.4 Å². The molecule has 62 heavy (non-hydrogen) atoms. The summed E-state index contributed by atoms with van der Waals surface area (Å²) in [6.45, 7) is 23.6. The quantitative estimate of drug-likeness (QED) is 0.0693. The molecule has 2 unspecified atom stereocenters. The summed E-state index contributed by atoms with van der Waals surface area (Å²) in [5.41, 5.74) is -4.76. The molecule has 2 aromatic rings. The smallest absolute Gasteiger partial charge is 0.490 e. The van der Waals surface area contributed by atoms with Gasteiger partial charge in [-0.3, -0.25) is 9.59 Å². The molecule has 2 atom stereocenters. The Balaban J connectivity index is 0.000000485. The number of pyridine rings is 2. The number of hydrogen-bond acceptors (Lipinski definition) is 10. The van der Waals surface area contributed by atoms with Crippen molar-refractivity contribution in [2.75, 3.05) is 26.4 Å². The van der Waals surface area contributed by atoms with E-state index in [-0.39, 0.29) is 72.9 Å². The summed E-state index contributed by atoms with van der Waals surface area (Å²) in [5, 5.41) is 0. The minimum Gasteiger partial charge on any atom is -0.502 e. The largest absolute Gasteiger partial charge is 0.502 e. The Labute approximate surface area is 368 Å². The average Bonchev–Trinajstić information content (AvgIpc) is 3.35. The first-order valence-electron chi connectivity index (χ1n) is 20.2. The number of carbonyl (C=O) groups excluding carboxylic acids is 2. The molecule has 1 fully saturated rings. The highest BCUT2D eigenvalue weighted by molar-refractivity contribution is 9.10. The number of esters is 2. The fraction of sp³-hybridized carbons (Fsp3) is 0.619. The summed E-state index contributed by atoms with van der Waals surface area (Å²) in [6.07, 6.45) is -2.89. The number of carbonyl (C=O) groups is 2. The fourth-order valence-corrected chi connectivity index (χ4v) is 6.15. The molecule has 2 aromatic heterocycles. The monoisotopic (exact) mass is 956 g/mol. The second kappa shape index (κ2) is 24.7. The van der Waals surface area contributed by atoms with Crippen LogP contribution >= 0.6 is 15.9 Å². The summed E-state index contributed by atoms with van der Waals surface area (Å²) >= 11 is 2.81. The van der Waals surface area contributed by atoms with Gasteiger partial charge in [-0.25, -0.2) is 9.59 Å². The summed E-state index contributed by atoms with van der Waals surface area (Å²) in [5.74, 6) is 0.594. The van der Waals surface area contributed by atoms with Gasteiger partial charge in [-0.05, 0) is 108 Å². The van der Waals surface area contributed by atoms with Gasteiger partial charge >= 0.3 is 31.4 Å². The Morgan fingerprint density at radius 2 is 1.11 bits per heavy atom. The molecule has 3 heterocycles. The Morgan fingerprint density at radius 1 is 0.710 bits per heavy atom. The van der Waals surface area contributed by atoms with Crippen LogP contribution in [-0.4, -0.2) is 65.8 Å². The van der Waals surface area contributed by atoms with E-state index in [2.05, 4.69) is 15.9 Å². The summed E-state index contributed by atoms with van der Waals surface area (Å²) in [4.78, 5) is 48.5. The van der Waals surface area contributed by atoms with Crippen LogP contribution in [-0.2, 0) is 50.2 Å². The van der Waals surface area contributed by atoms with Crippen molar-refractivity contribution in [2.24, 2.45) is 11.8 Å². The van der Waals surface area contributed by atoms with Crippen molar-refractivity contribution in [3.05, 3.63) is 84.9 Å². The highest BCUT2D eigenvalue weighted by Gasteiger charge is 2.50. The van der Waals surface area contributed by atoms with E-state index in [1.165, 1.54) is 0 Å². The van der Waals surface area contributed by atoms with Gasteiger partial charge in [0.2, 0.25) is 0 Å². The van der Waals surface area contributed by atoms with E-state index in [9.17, 15) is 45.5 Å². The summed E-state index contributed by atoms with van der Waals surface area (Å²) in [6, 6.07) is -0.968. The van der Waals surface area contributed by atoms with Crippen molar-refractivity contribution in [3.8, 4) is 0 Å². The second-order valence-electron chi connectivity index (χ2n) is 15.6. The third-order valence-corrected chi connectivity index (χ3v) is 9.85. The first-order valence-corrected chi connectivity index (χ1v) is 20.9. The Morgan fingerprint density at radius 3 is 1.50 bits per heavy atom. The number of ether oxygens (including phenoxy) is 4. The van der Waals surface area contributed by atoms with Gasteiger partial charge in [-0.2, -0.15) is 26.3 Å². The van der Waals surface area contributed by atoms with E-state index < -0.39 is 58.6 Å². The highest BCUT2D eigenvalue weighted by atomic mass is 79.9. The Hall–Kier alpha value is -4.04. The maximum Gasteiger partial charge on any atom is 0.490 e. The molecule has 0 spiro atoms. The molecule has 0 N–H and O–H groups in total. The zero-order valence-corrected chi connectivity index (χ0v) is 39.0. The van der Waals surface area contributed by atoms with E-state index in [0.29, 0.717) is 18.7 Å². The van der Waals surface area contributed by atoms with Crippen LogP contribution in [0, 0.1) is 11.8 Å². The number of hydrogen-bond donors (Lipinski definition) is 0. The number of halogens is 7. The molecule has 20 heteroatoms. The minimum atomic E-state index is -4.71. The van der Waals surface area contributed by atoms with E-state index in [1.54, 1.807) is 33.0 Å². The summed E-state index contributed by atoms with van der Waals surface area (Å²) in [7, 11) is -0.299. The second-order valence-corrected chi connectivity index (χ2v) is 16.5. The van der Waals surface area contributed by atoms with Crippen LogP contribution in [0.15, 0.2) is 57.1 Å². The lowest BCUT2D eigenvalue weighted by atomic mass is 9.90. The molecule has 12 nitrogen and oxygen atoms in total. The van der Waals surface area contributed by atoms with Crippen molar-refractivity contribution in [2.45, 2.75) is 132 Å². The first kappa shape index (κ1) is 56.0. The Bertz CT molecular complexity index is 1910. The molecule has 0 bridgehead atoms. The third kappa shape index (κ3) is 17.3. The fourth-order valence-electron chi connectivity index (χ4n) is 5.59. The molecule has 1 saturated heterocycles. The molecular formula is C42H60BBrF6N2O10. The van der Waals surface area contributed by atoms with Crippen LogP contribution < -0.4 is 11.1 Å². The molecule has 3 rings (SSSR count). The summed E-state index contributed by atoms with van der Waals surface area (Å²) < 4.78 is 111. The Kier molecular flexibility index (Phi) is 22.3. The maximum atomic E-state index is 13.2. The SMILES string of the molecule is CCO/C=C/B1OC(C)(C)C(C)(C)O1.CCO/C=C/c1cn(C(CC(C)C)C(=O)OCC)c(=O)cc1C(F)(F)F.CCOC(=O)C(CC(C)C)n1cc(Br)c(C(F)(F)F)cc1=O. The molecule has 0 amide bonds. The van der Waals surface area contributed by atoms with Gasteiger partial charge in [0.1, 0.15) is 12.1 Å². The van der Waals surface area contributed by atoms with E-state index in [4.69, 9.17) is 28.3 Å². The van der Waals surface area contributed by atoms with Gasteiger partial charge in [0.25, 0.3) is 11.1 Å². The van der Waals surface area contributed by atoms with Crippen LogP contribution in [0.25, 0.3) is 6.08 Å². The van der Waals surface area contributed by atoms with E-state index in [1.807, 2.05) is 62.3 Å². The molecule has 0 radical (unpaired) electrons. The molecule has 0 aliphatic carbocycles. The van der Waals surface area contributed by atoms with Crippen LogP contribution in [0.5, 0.6) is 0 Å². The molecule has 1 aliphatic heterocycles. The topological polar surface area (TPSA) is 134 Å². The van der Waals surface area contributed by atoms with Gasteiger partial charge in [0, 0.05) is 34.6 Å². The highest BCUT2D eigenvalue weighted by Crippen LogP contribution is 2.37. The number of rotatable bonds is 16. The van der Waals surface area contributed by atoms with E-state index in [0.717, 1.165) is 33.9 Å². The van der Waals surface area contributed by atoms with Gasteiger partial charge in [0.05, 0.1) is 61.3 Å². The molecule has 0 saturated carbocycles. The van der Waals surface area contributed by atoms with Crippen molar-refractivity contribution in [3.63, 3.8) is 0 Å². The number of aromatic nitrogens is 2. The van der Waals surface area contributed by atoms with Crippen LogP contribution in [0.3, 0.4) is 0 Å². The number of nitrogens with zero attached hydrogens (tertiary/aromatic N) is 2. The van der Waals surface area contributed by atoms with Crippen LogP contribution in [0.2, 0.25) is 0 Å². The van der Waals surface area contributed by atoms with Crippen molar-refractivity contribution < 1.29 is 64.2 Å². The lowest BCUT2D eigenvalue weighted by molar-refractivity contribution is -0.148. The maximum absolute atomic E-state index is 13.2. The van der Waals surface area contributed by atoms with E-state index >= 15 is 0 Å². The van der Waals surface area contributed by atoms with Gasteiger partial charge in [-0.1, -0.05) is 27.7 Å². The lowest BCUT2D eigenvalue weighted by Gasteiger charge is -2.32. The molecule has 0 aromatic carbocycles. The van der Waals surface area contributed by atoms with Gasteiger partial charge in [0.15, 0.2) is 0 Å². The minimum absolute atomic E-state index is 0.0287. The number of alkyl halides is 6. The standard InChI is InChI=1S/C18H24F3NO4.C14H17BrF3NO3.C10H19BO3/c1-5-25-8-7-13-11-22(16(23)10-14(13)18(19,20)21)15(9-12(3)4)17(24)26-6-2;1-4-22-13(21)11(5-8(2)3)19-7-10(15)9(6-12(19)20)14(16,17)18;1-6-12-8-7-11-13-9(2,3)10(4,5)14-11/h7-8,10-12,15H,5-6,9H2,1-4H3;6-8,11H,4-5H2,1-3H3;7-8H,6H2,1-5H3/b8-7+;;8-7+. The molecular weight excluding hydrogens is 897 g/mol. The normalized spacial score (nSPS) is 15.8. The predicted octanol–water partition coefficient (Wildman–Crippen LogP) is 9.97. The zero-order valence-electron chi connectivity index (χ0n) is 37.4. The van der Waals surface area contributed by atoms with Crippen molar-refractivity contribution in [1.29, 1.82) is 0 Å². The zero-order chi connectivity index (χ0) is 47.8. The first-order chi connectivity index (χ1) is 28.6. The van der Waals surface area contributed by atoms with Gasteiger partial charge in [-0.15, -0.1) is 0 Å². The predicted molar refractivity (Wildman–Crippen MR) is 227 cm³/mol. The van der Waals surface area contributed by atoms with Crippen LogP contribution in [0.1, 0.15) is 125 Å². The van der Waals surface area contributed by atoms with Crippen molar-refractivity contribution in [1.82, 2.24) is 9.13 Å². The lowest BCUT2D eigenvalue weighted by Crippen LogP contribution is -2.41. The van der Waals surface area contributed by atoms with Crippen LogP contribution in [0.4, 0.5) is 26.3 Å². The molecule has 1 aliphatic rings. The van der Waals surface area contributed by atoms with Crippen molar-refractivity contribution >= 4 is 41.1 Å². The molecule has 350 valence electrons. The third-order valence-electron chi connectivity index (χ3n) is 9.21.